The number of rotatable bonds is 6. The number of aromatic hydroxyl groups is 2. The molecule has 0 aliphatic rings. The molecule has 2 N–H and O–H groups in total. The molecule has 0 saturated carbocycles. The summed E-state index contributed by atoms with van der Waals surface area (Å²) >= 11 is 0. The molecular formula is C27H24O6. The zero-order valence-corrected chi connectivity index (χ0v) is 18.4. The van der Waals surface area contributed by atoms with E-state index in [0.717, 1.165) is 21.9 Å². The molecule has 33 heavy (non-hydrogen) atoms. The average molecular weight is 444 g/mol. The van der Waals surface area contributed by atoms with Gasteiger partial charge in [0.15, 0.2) is 0 Å². The van der Waals surface area contributed by atoms with Crippen LogP contribution in [0.3, 0.4) is 0 Å². The van der Waals surface area contributed by atoms with Crippen LogP contribution < -0.4 is 0 Å². The van der Waals surface area contributed by atoms with E-state index in [-0.39, 0.29) is 24.7 Å². The molecule has 0 radical (unpaired) electrons. The maximum absolute atomic E-state index is 12.4. The minimum Gasteiger partial charge on any atom is -0.508 e. The summed E-state index contributed by atoms with van der Waals surface area (Å²) in [6.07, 6.45) is 0.554. The van der Waals surface area contributed by atoms with Crippen molar-refractivity contribution in [3.8, 4) is 11.5 Å². The number of benzene rings is 4. The van der Waals surface area contributed by atoms with Gasteiger partial charge >= 0.3 is 11.9 Å². The van der Waals surface area contributed by atoms with Gasteiger partial charge in [0.2, 0.25) is 0 Å². The van der Waals surface area contributed by atoms with E-state index in [4.69, 9.17) is 9.47 Å². The molecule has 0 aliphatic heterocycles. The van der Waals surface area contributed by atoms with E-state index in [1.165, 1.54) is 12.1 Å². The molecule has 0 aliphatic carbocycles. The molecule has 0 atom stereocenters. The highest BCUT2D eigenvalue weighted by Gasteiger charge is 2.15. The Hall–Kier alpha value is -4.06. The van der Waals surface area contributed by atoms with Crippen molar-refractivity contribution in [2.75, 3.05) is 13.2 Å². The van der Waals surface area contributed by atoms with Crippen molar-refractivity contribution in [3.05, 3.63) is 82.9 Å². The second-order valence-corrected chi connectivity index (χ2v) is 7.72. The van der Waals surface area contributed by atoms with Gasteiger partial charge < -0.3 is 19.7 Å². The first-order valence-electron chi connectivity index (χ1n) is 10.7. The van der Waals surface area contributed by atoms with Crippen LogP contribution >= 0.6 is 0 Å². The molecule has 0 heterocycles. The molecule has 0 unspecified atom stereocenters. The Morgan fingerprint density at radius 1 is 0.667 bits per heavy atom. The molecule has 4 rings (SSSR count). The molecule has 0 bridgehead atoms. The lowest BCUT2D eigenvalue weighted by molar-refractivity contribution is 0.0518. The van der Waals surface area contributed by atoms with Gasteiger partial charge in [0.1, 0.15) is 11.5 Å². The van der Waals surface area contributed by atoms with E-state index in [0.29, 0.717) is 28.3 Å². The number of hydrogen-bond acceptors (Lipinski definition) is 6. The monoisotopic (exact) mass is 444 g/mol. The van der Waals surface area contributed by atoms with Crippen molar-refractivity contribution in [1.29, 1.82) is 0 Å². The summed E-state index contributed by atoms with van der Waals surface area (Å²) in [6.45, 7) is 3.95. The second kappa shape index (κ2) is 9.20. The number of esters is 2. The average Bonchev–Trinajstić information content (AvgIpc) is 2.78. The Morgan fingerprint density at radius 3 is 1.48 bits per heavy atom. The zero-order valence-electron chi connectivity index (χ0n) is 18.4. The van der Waals surface area contributed by atoms with Gasteiger partial charge in [0.25, 0.3) is 0 Å². The number of phenolic OH excluding ortho intramolecular Hbond substituents is 2. The Morgan fingerprint density at radius 2 is 1.09 bits per heavy atom. The third kappa shape index (κ3) is 4.60. The highest BCUT2D eigenvalue weighted by Crippen LogP contribution is 2.30. The quantitative estimate of drug-likeness (QED) is 0.390. The molecule has 0 aromatic heterocycles. The van der Waals surface area contributed by atoms with E-state index in [1.54, 1.807) is 26.0 Å². The van der Waals surface area contributed by atoms with E-state index in [9.17, 15) is 19.8 Å². The van der Waals surface area contributed by atoms with E-state index < -0.39 is 11.9 Å². The van der Waals surface area contributed by atoms with Crippen LogP contribution in [0.1, 0.15) is 45.7 Å². The summed E-state index contributed by atoms with van der Waals surface area (Å²) < 4.78 is 10.3. The van der Waals surface area contributed by atoms with Gasteiger partial charge in [-0.25, -0.2) is 9.59 Å². The molecule has 168 valence electrons. The number of phenols is 2. The van der Waals surface area contributed by atoms with Crippen molar-refractivity contribution >= 4 is 33.5 Å². The van der Waals surface area contributed by atoms with Crippen molar-refractivity contribution in [1.82, 2.24) is 0 Å². The zero-order chi connectivity index (χ0) is 23.5. The van der Waals surface area contributed by atoms with Crippen LogP contribution in [0.2, 0.25) is 0 Å². The summed E-state index contributed by atoms with van der Waals surface area (Å²) in [7, 11) is 0. The fourth-order valence-electron chi connectivity index (χ4n) is 3.99. The summed E-state index contributed by atoms with van der Waals surface area (Å²) in [4.78, 5) is 24.8. The van der Waals surface area contributed by atoms with Crippen LogP contribution in [0, 0.1) is 0 Å². The molecule has 0 amide bonds. The minimum absolute atomic E-state index is 0.00239. The lowest BCUT2D eigenvalue weighted by atomic mass is 9.95. The Labute approximate surface area is 191 Å². The topological polar surface area (TPSA) is 93.1 Å². The Balaban J connectivity index is 1.75. The molecule has 4 aromatic rings. The van der Waals surface area contributed by atoms with E-state index in [2.05, 4.69) is 0 Å². The predicted molar refractivity (Wildman–Crippen MR) is 126 cm³/mol. The van der Waals surface area contributed by atoms with Gasteiger partial charge in [-0.3, -0.25) is 0 Å². The highest BCUT2D eigenvalue weighted by atomic mass is 16.5. The number of carbonyl (C=O) groups is 2. The van der Waals surface area contributed by atoms with Gasteiger partial charge in [-0.1, -0.05) is 24.3 Å². The minimum atomic E-state index is -0.486. The maximum Gasteiger partial charge on any atom is 0.338 e. The lowest BCUT2D eigenvalue weighted by Gasteiger charge is -2.11. The molecule has 0 fully saturated rings. The van der Waals surface area contributed by atoms with Crippen LogP contribution in [-0.4, -0.2) is 35.4 Å². The van der Waals surface area contributed by atoms with Crippen LogP contribution in [0.25, 0.3) is 21.5 Å². The van der Waals surface area contributed by atoms with Crippen molar-refractivity contribution in [3.63, 3.8) is 0 Å². The number of hydrogen-bond donors (Lipinski definition) is 2. The van der Waals surface area contributed by atoms with Crippen LogP contribution in [0.15, 0.2) is 60.7 Å². The first-order valence-corrected chi connectivity index (χ1v) is 10.7. The van der Waals surface area contributed by atoms with E-state index in [1.807, 2.05) is 36.4 Å². The number of fused-ring (bicyclic) bond motifs is 2. The van der Waals surface area contributed by atoms with Crippen LogP contribution in [0.4, 0.5) is 0 Å². The summed E-state index contributed by atoms with van der Waals surface area (Å²) in [5, 5.41) is 22.9. The standard InChI is InChI=1S/C27H24O6/c1-3-32-26(30)24-14-20(28)12-18-7-5-16(10-22(18)24)9-17-6-8-19-13-21(29)15-25(23(19)11-17)27(31)33-4-2/h5-8,10-15,28-29H,3-4,9H2,1-2H3. The van der Waals surface area contributed by atoms with Gasteiger partial charge in [0.05, 0.1) is 24.3 Å². The third-order valence-corrected chi connectivity index (χ3v) is 5.41. The van der Waals surface area contributed by atoms with Gasteiger partial charge in [0, 0.05) is 0 Å². The van der Waals surface area contributed by atoms with Crippen LogP contribution in [-0.2, 0) is 15.9 Å². The third-order valence-electron chi connectivity index (χ3n) is 5.41. The Kier molecular flexibility index (Phi) is 6.18. The molecule has 6 nitrogen and oxygen atoms in total. The van der Waals surface area contributed by atoms with Crippen molar-refractivity contribution in [2.45, 2.75) is 20.3 Å². The van der Waals surface area contributed by atoms with Gasteiger partial charge in [-0.15, -0.1) is 0 Å². The Bertz CT molecular complexity index is 1270. The fourth-order valence-corrected chi connectivity index (χ4v) is 3.99. The first kappa shape index (κ1) is 22.1. The molecule has 0 spiro atoms. The molecule has 6 heteroatoms. The largest absolute Gasteiger partial charge is 0.508 e. The lowest BCUT2D eigenvalue weighted by Crippen LogP contribution is -2.06. The van der Waals surface area contributed by atoms with Gasteiger partial charge in [-0.05, 0) is 89.3 Å². The summed E-state index contributed by atoms with van der Waals surface area (Å²) in [5.74, 6) is -0.967. The molecular weight excluding hydrogens is 420 g/mol. The smallest absolute Gasteiger partial charge is 0.338 e. The van der Waals surface area contributed by atoms with Gasteiger partial charge in [-0.2, -0.15) is 0 Å². The van der Waals surface area contributed by atoms with Crippen molar-refractivity contribution < 1.29 is 29.3 Å². The number of ether oxygens (including phenoxy) is 2. The summed E-state index contributed by atoms with van der Waals surface area (Å²) in [5.41, 5.74) is 2.53. The van der Waals surface area contributed by atoms with Crippen molar-refractivity contribution in [2.24, 2.45) is 0 Å². The maximum atomic E-state index is 12.4. The number of carbonyl (C=O) groups excluding carboxylic acids is 2. The molecule has 4 aromatic carbocycles. The SMILES string of the molecule is CCOC(=O)c1cc(O)cc2ccc(Cc3ccc4cc(O)cc(C(=O)OCC)c4c3)cc12. The van der Waals surface area contributed by atoms with Crippen LogP contribution in [0.5, 0.6) is 11.5 Å². The molecule has 0 saturated heterocycles. The normalized spacial score (nSPS) is 11.0. The fraction of sp³-hybridized carbons (Fsp3) is 0.185. The second-order valence-electron chi connectivity index (χ2n) is 7.72. The van der Waals surface area contributed by atoms with E-state index >= 15 is 0 Å². The summed E-state index contributed by atoms with van der Waals surface area (Å²) in [6, 6.07) is 17.4. The predicted octanol–water partition coefficient (Wildman–Crippen LogP) is 5.35. The first-order chi connectivity index (χ1) is 15.9. The highest BCUT2D eigenvalue weighted by molar-refractivity contribution is 6.06.